The first-order valence-corrected chi connectivity index (χ1v) is 2.84. The van der Waals surface area contributed by atoms with Crippen LogP contribution in [-0.2, 0) is 9.59 Å². The fourth-order valence-corrected chi connectivity index (χ4v) is 0.387. The number of carboxylic acid groups (broad SMARTS) is 1. The van der Waals surface area contributed by atoms with Gasteiger partial charge in [0.2, 0.25) is 0 Å². The molecule has 0 bridgehead atoms. The van der Waals surface area contributed by atoms with Gasteiger partial charge in [0.1, 0.15) is 5.97 Å². The van der Waals surface area contributed by atoms with Crippen LogP contribution in [0.5, 0.6) is 0 Å². The summed E-state index contributed by atoms with van der Waals surface area (Å²) in [5.74, 6) is -2.79. The largest absolute Gasteiger partial charge is 1.00 e. The average molecular weight is 154 g/mol. The van der Waals surface area contributed by atoms with Crippen LogP contribution in [-0.4, -0.2) is 17.2 Å². The first-order valence-electron chi connectivity index (χ1n) is 2.84. The van der Waals surface area contributed by atoms with Gasteiger partial charge in [-0.3, -0.25) is 4.79 Å². The van der Waals surface area contributed by atoms with E-state index in [2.05, 4.69) is 0 Å². The third-order valence-corrected chi connectivity index (χ3v) is 1.26. The molecule has 0 aliphatic rings. The maximum absolute atomic E-state index is 10.4. The van der Waals surface area contributed by atoms with Crippen molar-refractivity contribution < 1.29 is 39.0 Å². The average Bonchev–Trinajstić information content (AvgIpc) is 1.84. The molecule has 0 unspecified atom stereocenters. The Morgan fingerprint density at radius 2 is 1.82 bits per heavy atom. The summed E-state index contributed by atoms with van der Waals surface area (Å²) in [6, 6.07) is 0. The van der Waals surface area contributed by atoms with Crippen molar-refractivity contribution in [2.24, 2.45) is 5.92 Å². The Kier molecular flexibility index (Phi) is 12.0. The van der Waals surface area contributed by atoms with Crippen molar-refractivity contribution in [2.75, 3.05) is 0 Å². The molecule has 11 heavy (non-hydrogen) atoms. The van der Waals surface area contributed by atoms with Crippen molar-refractivity contribution in [2.45, 2.75) is 20.3 Å². The Morgan fingerprint density at radius 3 is 1.91 bits per heavy atom. The summed E-state index contributed by atoms with van der Waals surface area (Å²) in [6.45, 7) is 3.32. The van der Waals surface area contributed by atoms with E-state index in [0.717, 1.165) is 0 Å². The number of Topliss-reactive ketones (excluding diaryl/α,β-unsaturated/α-hetero) is 1. The number of ketones is 1. The Hall–Kier alpha value is -0.303. The topological polar surface area (TPSA) is 88.7 Å². The van der Waals surface area contributed by atoms with E-state index in [4.69, 9.17) is 0 Å². The maximum Gasteiger partial charge on any atom is 1.00 e. The van der Waals surface area contributed by atoms with Crippen molar-refractivity contribution in [1.82, 2.24) is 0 Å². The third-order valence-electron chi connectivity index (χ3n) is 1.26. The van der Waals surface area contributed by atoms with E-state index in [0.29, 0.717) is 6.42 Å². The summed E-state index contributed by atoms with van der Waals surface area (Å²) in [7, 11) is 0. The van der Waals surface area contributed by atoms with Crippen LogP contribution in [0.4, 0.5) is 0 Å². The summed E-state index contributed by atoms with van der Waals surface area (Å²) in [4.78, 5) is 20.3. The molecule has 0 spiro atoms. The fourth-order valence-electron chi connectivity index (χ4n) is 0.387. The van der Waals surface area contributed by atoms with E-state index < -0.39 is 17.7 Å². The van der Waals surface area contributed by atoms with Gasteiger partial charge in [-0.2, -0.15) is 0 Å². The van der Waals surface area contributed by atoms with Crippen molar-refractivity contribution in [3.63, 3.8) is 0 Å². The zero-order chi connectivity index (χ0) is 7.44. The molecule has 0 amide bonds. The Morgan fingerprint density at radius 1 is 1.45 bits per heavy atom. The summed E-state index contributed by atoms with van der Waals surface area (Å²) in [5, 5.41) is 9.84. The van der Waals surface area contributed by atoms with Crippen LogP contribution >= 0.6 is 0 Å². The summed E-state index contributed by atoms with van der Waals surface area (Å²) in [6.07, 6.45) is 0.548. The first-order chi connectivity index (χ1) is 4.09. The van der Waals surface area contributed by atoms with E-state index >= 15 is 0 Å². The zero-order valence-corrected chi connectivity index (χ0v) is 7.01. The molecular weight excluding hydrogens is 143 g/mol. The van der Waals surface area contributed by atoms with Crippen LogP contribution in [0.1, 0.15) is 20.3 Å². The van der Waals surface area contributed by atoms with Gasteiger partial charge in [-0.1, -0.05) is 13.8 Å². The number of rotatable bonds is 3. The first kappa shape index (κ1) is 17.0. The second kappa shape index (κ2) is 7.80. The van der Waals surface area contributed by atoms with E-state index in [-0.39, 0.29) is 24.3 Å². The van der Waals surface area contributed by atoms with Gasteiger partial charge in [-0.15, -0.1) is 0 Å². The van der Waals surface area contributed by atoms with Crippen LogP contribution in [0.15, 0.2) is 0 Å². The molecule has 1 atom stereocenters. The molecule has 0 rings (SSSR count). The van der Waals surface area contributed by atoms with Crippen LogP contribution in [0.2, 0.25) is 0 Å². The fraction of sp³-hybridized carbons (Fsp3) is 0.667. The predicted octanol–water partition coefficient (Wildman–Crippen LogP) is -4.47. The van der Waals surface area contributed by atoms with Gasteiger partial charge < -0.3 is 15.4 Å². The van der Waals surface area contributed by atoms with E-state index in [1.54, 1.807) is 13.8 Å². The van der Waals surface area contributed by atoms with Gasteiger partial charge >= 0.3 is 18.9 Å². The normalized spacial score (nSPS) is 10.4. The minimum Gasteiger partial charge on any atom is -0.542 e. The number of hydrogen-bond donors (Lipinski definition) is 0. The van der Waals surface area contributed by atoms with E-state index in [1.807, 2.05) is 0 Å². The minimum absolute atomic E-state index is 0. The van der Waals surface area contributed by atoms with E-state index in [9.17, 15) is 14.7 Å². The molecule has 0 heterocycles. The molecule has 0 aliphatic carbocycles. The van der Waals surface area contributed by atoms with Gasteiger partial charge in [0.25, 0.3) is 0 Å². The molecule has 0 radical (unpaired) electrons. The molecule has 60 valence electrons. The molecule has 5 heteroatoms. The quantitative estimate of drug-likeness (QED) is 0.303. The SMILES string of the molecule is CC[C@@H](C)C(=O)C(=O)[O-].O.[Li+]. The summed E-state index contributed by atoms with van der Waals surface area (Å²) < 4.78 is 0. The maximum atomic E-state index is 10.4. The Balaban J connectivity index is -0.000000320. The van der Waals surface area contributed by atoms with Gasteiger partial charge in [-0.25, -0.2) is 0 Å². The van der Waals surface area contributed by atoms with Gasteiger partial charge in [-0.05, 0) is 6.42 Å². The molecule has 0 fully saturated rings. The number of hydrogen-bond acceptors (Lipinski definition) is 3. The summed E-state index contributed by atoms with van der Waals surface area (Å²) in [5.41, 5.74) is 0. The zero-order valence-electron chi connectivity index (χ0n) is 7.01. The molecule has 0 aromatic rings. The number of aliphatic carboxylic acids is 1. The minimum atomic E-state index is -1.58. The standard InChI is InChI=1S/C6H10O3.Li.H2O/c1-3-4(2)5(7)6(8)9;;/h4H,3H2,1-2H3,(H,8,9);;1H2/q;+1;/p-1/t4-;;/m1../s1. The van der Waals surface area contributed by atoms with Crippen molar-refractivity contribution in [3.05, 3.63) is 0 Å². The predicted molar refractivity (Wildman–Crippen MR) is 33.1 cm³/mol. The molecular formula is C6H11LiO4. The van der Waals surface area contributed by atoms with Gasteiger partial charge in [0, 0.05) is 5.92 Å². The van der Waals surface area contributed by atoms with Crippen molar-refractivity contribution in [3.8, 4) is 0 Å². The van der Waals surface area contributed by atoms with E-state index in [1.165, 1.54) is 0 Å². The molecule has 0 saturated heterocycles. The number of carbonyl (C=O) groups excluding carboxylic acids is 2. The number of carbonyl (C=O) groups is 2. The monoisotopic (exact) mass is 154 g/mol. The molecule has 0 aliphatic heterocycles. The van der Waals surface area contributed by atoms with Crippen LogP contribution in [0.25, 0.3) is 0 Å². The molecule has 0 aromatic carbocycles. The van der Waals surface area contributed by atoms with Gasteiger partial charge in [0.05, 0.1) is 0 Å². The second-order valence-corrected chi connectivity index (χ2v) is 1.96. The van der Waals surface area contributed by atoms with Crippen molar-refractivity contribution >= 4 is 11.8 Å². The Labute approximate surface area is 77.5 Å². The molecule has 0 saturated carbocycles. The molecule has 2 N–H and O–H groups in total. The van der Waals surface area contributed by atoms with Crippen LogP contribution in [0, 0.1) is 5.92 Å². The molecule has 0 aromatic heterocycles. The molecule has 4 nitrogen and oxygen atoms in total. The third kappa shape index (κ3) is 6.11. The van der Waals surface area contributed by atoms with Crippen molar-refractivity contribution in [1.29, 1.82) is 0 Å². The van der Waals surface area contributed by atoms with Gasteiger partial charge in [0.15, 0.2) is 5.78 Å². The second-order valence-electron chi connectivity index (χ2n) is 1.96. The smallest absolute Gasteiger partial charge is 0.542 e. The summed E-state index contributed by atoms with van der Waals surface area (Å²) >= 11 is 0. The Bertz CT molecular complexity index is 135. The number of carboxylic acids is 1. The van der Waals surface area contributed by atoms with Crippen LogP contribution < -0.4 is 24.0 Å². The van der Waals surface area contributed by atoms with Crippen LogP contribution in [0.3, 0.4) is 0 Å².